The highest BCUT2D eigenvalue weighted by molar-refractivity contribution is 6.01. The van der Waals surface area contributed by atoms with E-state index in [4.69, 9.17) is 14.2 Å². The Morgan fingerprint density at radius 3 is 2.09 bits per heavy atom. The molecule has 0 saturated carbocycles. The summed E-state index contributed by atoms with van der Waals surface area (Å²) in [7, 11) is 4.41. The zero-order valence-electron chi connectivity index (χ0n) is 24.7. The van der Waals surface area contributed by atoms with Gasteiger partial charge in [0.1, 0.15) is 11.8 Å². The van der Waals surface area contributed by atoms with Gasteiger partial charge in [0.15, 0.2) is 11.5 Å². The van der Waals surface area contributed by atoms with E-state index >= 15 is 0 Å². The molecule has 0 aliphatic rings. The molecule has 12 heteroatoms. The number of benzene rings is 3. The third kappa shape index (κ3) is 8.86. The number of carboxylic acids is 1. The minimum atomic E-state index is -1.19. The summed E-state index contributed by atoms with van der Waals surface area (Å²) in [6.07, 6.45) is -0.0799. The van der Waals surface area contributed by atoms with Gasteiger partial charge in [-0.05, 0) is 60.9 Å². The number of carbonyl (C=O) groups excluding carboxylic acids is 3. The summed E-state index contributed by atoms with van der Waals surface area (Å²) >= 11 is 0. The highest BCUT2D eigenvalue weighted by Crippen LogP contribution is 2.29. The maximum absolute atomic E-state index is 13.1. The number of nitrogens with zero attached hydrogens (tertiary/aromatic N) is 1. The van der Waals surface area contributed by atoms with Gasteiger partial charge in [-0.15, -0.1) is 0 Å². The predicted molar refractivity (Wildman–Crippen MR) is 161 cm³/mol. The van der Waals surface area contributed by atoms with Gasteiger partial charge < -0.3 is 40.2 Å². The Kier molecular flexibility index (Phi) is 11.3. The van der Waals surface area contributed by atoms with Crippen molar-refractivity contribution in [3.05, 3.63) is 77.4 Å². The predicted octanol–water partition coefficient (Wildman–Crippen LogP) is 3.83. The fourth-order valence-electron chi connectivity index (χ4n) is 4.21. The van der Waals surface area contributed by atoms with Crippen molar-refractivity contribution in [1.82, 2.24) is 10.2 Å². The Hall–Kier alpha value is -5.26. The normalized spacial score (nSPS) is 11.1. The molecule has 12 nitrogen and oxygen atoms in total. The van der Waals surface area contributed by atoms with Gasteiger partial charge in [0, 0.05) is 12.2 Å². The maximum Gasteiger partial charge on any atom is 0.326 e. The van der Waals surface area contributed by atoms with E-state index in [0.29, 0.717) is 39.8 Å². The molecule has 4 amide bonds. The first kappa shape index (κ1) is 32.3. The van der Waals surface area contributed by atoms with Crippen LogP contribution < -0.4 is 30.2 Å². The summed E-state index contributed by atoms with van der Waals surface area (Å²) in [5.74, 6) is -0.940. The van der Waals surface area contributed by atoms with Gasteiger partial charge >= 0.3 is 12.0 Å². The van der Waals surface area contributed by atoms with Gasteiger partial charge in [0.2, 0.25) is 11.8 Å². The third-order valence-electron chi connectivity index (χ3n) is 6.65. The SMILES string of the molecule is COc1cc(CC(=O)NCC(=O)N(Cc2ccc(OC)c(OC)c2)C(C)C(=O)O)ccc1NC(=O)Nc1ccccc1C. The number of methoxy groups -OCH3 is 3. The molecule has 0 saturated heterocycles. The topological polar surface area (TPSA) is 156 Å². The summed E-state index contributed by atoms with van der Waals surface area (Å²) in [4.78, 5) is 51.2. The van der Waals surface area contributed by atoms with Crippen molar-refractivity contribution in [2.45, 2.75) is 32.9 Å². The monoisotopic (exact) mass is 592 g/mol. The van der Waals surface area contributed by atoms with Gasteiger partial charge in [-0.2, -0.15) is 0 Å². The molecule has 1 atom stereocenters. The number of nitrogens with one attached hydrogen (secondary N) is 3. The molecule has 0 bridgehead atoms. The number of amides is 4. The molecule has 0 aliphatic carbocycles. The summed E-state index contributed by atoms with van der Waals surface area (Å²) in [6, 6.07) is 15.7. The molecule has 0 fully saturated rings. The molecule has 1 unspecified atom stereocenters. The van der Waals surface area contributed by atoms with Crippen molar-refractivity contribution in [2.24, 2.45) is 0 Å². The lowest BCUT2D eigenvalue weighted by Crippen LogP contribution is -2.47. The van der Waals surface area contributed by atoms with Crippen LogP contribution in [0, 0.1) is 6.92 Å². The number of ether oxygens (including phenoxy) is 3. The number of hydrogen-bond donors (Lipinski definition) is 4. The van der Waals surface area contributed by atoms with E-state index < -0.39 is 36.4 Å². The first-order valence-electron chi connectivity index (χ1n) is 13.4. The first-order valence-corrected chi connectivity index (χ1v) is 13.4. The standard InChI is InChI=1S/C31H36N4O8/c1-19-8-6-7-9-23(19)33-31(40)34-24-12-10-21(14-26(24)42-4)16-28(36)32-17-29(37)35(20(2)30(38)39)18-22-11-13-25(41-3)27(15-22)43-5/h6-15,20H,16-18H2,1-5H3,(H,32,36)(H,38,39)(H2,33,34,40). The lowest BCUT2D eigenvalue weighted by Gasteiger charge is -2.27. The Balaban J connectivity index is 1.62. The van der Waals surface area contributed by atoms with Crippen LogP contribution in [0.4, 0.5) is 16.2 Å². The molecule has 0 aliphatic heterocycles. The highest BCUT2D eigenvalue weighted by Gasteiger charge is 2.26. The van der Waals surface area contributed by atoms with Crippen molar-refractivity contribution in [3.8, 4) is 17.2 Å². The number of urea groups is 1. The Morgan fingerprint density at radius 2 is 1.44 bits per heavy atom. The van der Waals surface area contributed by atoms with Crippen LogP contribution >= 0.6 is 0 Å². The first-order chi connectivity index (χ1) is 20.6. The summed E-state index contributed by atoms with van der Waals surface area (Å²) in [6.45, 7) is 2.85. The van der Waals surface area contributed by atoms with Crippen LogP contribution in [-0.2, 0) is 27.3 Å². The van der Waals surface area contributed by atoms with E-state index in [2.05, 4.69) is 16.0 Å². The number of anilines is 2. The van der Waals surface area contributed by atoms with E-state index in [9.17, 15) is 24.3 Å². The van der Waals surface area contributed by atoms with Crippen LogP contribution in [0.25, 0.3) is 0 Å². The highest BCUT2D eigenvalue weighted by atomic mass is 16.5. The molecular weight excluding hydrogens is 556 g/mol. The number of carbonyl (C=O) groups is 4. The number of hydrogen-bond acceptors (Lipinski definition) is 7. The van der Waals surface area contributed by atoms with Crippen molar-refractivity contribution < 1.29 is 38.5 Å². The van der Waals surface area contributed by atoms with Gasteiger partial charge in [-0.3, -0.25) is 9.59 Å². The Bertz CT molecular complexity index is 1480. The molecule has 4 N–H and O–H groups in total. The van der Waals surface area contributed by atoms with Crippen LogP contribution in [0.3, 0.4) is 0 Å². The quantitative estimate of drug-likeness (QED) is 0.233. The lowest BCUT2D eigenvalue weighted by atomic mass is 10.1. The number of para-hydroxylation sites is 1. The molecule has 43 heavy (non-hydrogen) atoms. The number of aliphatic carboxylic acids is 1. The Labute approximate surface area is 249 Å². The van der Waals surface area contributed by atoms with E-state index in [0.717, 1.165) is 10.5 Å². The zero-order chi connectivity index (χ0) is 31.5. The largest absolute Gasteiger partial charge is 0.495 e. The van der Waals surface area contributed by atoms with Crippen LogP contribution in [0.2, 0.25) is 0 Å². The average molecular weight is 593 g/mol. The maximum atomic E-state index is 13.1. The minimum absolute atomic E-state index is 0.0222. The molecule has 0 spiro atoms. The molecule has 3 rings (SSSR count). The average Bonchev–Trinajstić information content (AvgIpc) is 2.99. The Morgan fingerprint density at radius 1 is 0.814 bits per heavy atom. The van der Waals surface area contributed by atoms with E-state index in [1.807, 2.05) is 25.1 Å². The fourth-order valence-corrected chi connectivity index (χ4v) is 4.21. The van der Waals surface area contributed by atoms with Crippen molar-refractivity contribution in [1.29, 1.82) is 0 Å². The van der Waals surface area contributed by atoms with Gasteiger partial charge in [-0.1, -0.05) is 30.3 Å². The third-order valence-corrected chi connectivity index (χ3v) is 6.65. The fraction of sp³-hybridized carbons (Fsp3) is 0.290. The molecular formula is C31H36N4O8. The molecule has 228 valence electrons. The molecule has 0 heterocycles. The van der Waals surface area contributed by atoms with Crippen molar-refractivity contribution >= 4 is 35.2 Å². The molecule has 0 aromatic heterocycles. The van der Waals surface area contributed by atoms with E-state index in [-0.39, 0.29) is 13.0 Å². The van der Waals surface area contributed by atoms with Crippen LogP contribution in [0.5, 0.6) is 17.2 Å². The summed E-state index contributed by atoms with van der Waals surface area (Å²) < 4.78 is 15.9. The van der Waals surface area contributed by atoms with E-state index in [1.165, 1.54) is 28.3 Å². The zero-order valence-corrected chi connectivity index (χ0v) is 24.7. The van der Waals surface area contributed by atoms with Crippen LogP contribution in [0.1, 0.15) is 23.6 Å². The molecule has 3 aromatic carbocycles. The second-order valence-electron chi connectivity index (χ2n) is 9.61. The summed E-state index contributed by atoms with van der Waals surface area (Å²) in [5.41, 5.74) is 3.18. The van der Waals surface area contributed by atoms with Crippen LogP contribution in [0.15, 0.2) is 60.7 Å². The lowest BCUT2D eigenvalue weighted by molar-refractivity contribution is -0.149. The summed E-state index contributed by atoms with van der Waals surface area (Å²) in [5, 5.41) is 17.7. The van der Waals surface area contributed by atoms with Gasteiger partial charge in [-0.25, -0.2) is 9.59 Å². The molecule has 3 aromatic rings. The number of carboxylic acid groups (broad SMARTS) is 1. The second kappa shape index (κ2) is 15.1. The number of aryl methyl sites for hydroxylation is 1. The second-order valence-corrected chi connectivity index (χ2v) is 9.61. The smallest absolute Gasteiger partial charge is 0.326 e. The van der Waals surface area contributed by atoms with Gasteiger partial charge in [0.25, 0.3) is 0 Å². The van der Waals surface area contributed by atoms with Crippen molar-refractivity contribution in [2.75, 3.05) is 38.5 Å². The van der Waals surface area contributed by atoms with E-state index in [1.54, 1.807) is 42.5 Å². The van der Waals surface area contributed by atoms with Crippen molar-refractivity contribution in [3.63, 3.8) is 0 Å². The van der Waals surface area contributed by atoms with Crippen LogP contribution in [-0.4, -0.2) is 67.7 Å². The number of rotatable bonds is 13. The minimum Gasteiger partial charge on any atom is -0.495 e. The van der Waals surface area contributed by atoms with Gasteiger partial charge in [0.05, 0.1) is 40.0 Å². The molecule has 0 radical (unpaired) electrons.